The van der Waals surface area contributed by atoms with Crippen LogP contribution in [0.2, 0.25) is 0 Å². The number of nitrogens with zero attached hydrogens (tertiary/aromatic N) is 2. The molecule has 0 aromatic heterocycles. The Kier molecular flexibility index (Phi) is 6.53. The summed E-state index contributed by atoms with van der Waals surface area (Å²) in [6, 6.07) is 13.7. The van der Waals surface area contributed by atoms with Crippen LogP contribution in [0.5, 0.6) is 17.2 Å². The van der Waals surface area contributed by atoms with E-state index in [1.54, 1.807) is 11.4 Å². The van der Waals surface area contributed by atoms with Gasteiger partial charge in [0.2, 0.25) is 10.0 Å². The van der Waals surface area contributed by atoms with Crippen molar-refractivity contribution in [2.24, 2.45) is 0 Å². The topological polar surface area (TPSA) is 68.3 Å². The van der Waals surface area contributed by atoms with Crippen molar-refractivity contribution in [1.82, 2.24) is 4.31 Å². The minimum Gasteiger partial charge on any atom is -0.495 e. The number of hydrogen-bond donors (Lipinski definition) is 0. The Bertz CT molecular complexity index is 1050. The summed E-state index contributed by atoms with van der Waals surface area (Å²) in [5.41, 5.74) is 1.89. The van der Waals surface area contributed by atoms with Crippen LogP contribution in [-0.4, -0.2) is 64.0 Å². The molecule has 0 N–H and O–H groups in total. The van der Waals surface area contributed by atoms with Crippen LogP contribution in [0.15, 0.2) is 42.5 Å². The molecule has 1 fully saturated rings. The lowest BCUT2D eigenvalue weighted by atomic mass is 10.0. The number of ether oxygens (including phenoxy) is 3. The molecule has 2 heterocycles. The van der Waals surface area contributed by atoms with E-state index < -0.39 is 10.0 Å². The Labute approximate surface area is 190 Å². The second-order valence-corrected chi connectivity index (χ2v) is 10.9. The van der Waals surface area contributed by atoms with E-state index in [2.05, 4.69) is 18.7 Å². The van der Waals surface area contributed by atoms with Crippen LogP contribution in [0.25, 0.3) is 0 Å². The van der Waals surface area contributed by atoms with E-state index in [9.17, 15) is 8.42 Å². The van der Waals surface area contributed by atoms with Crippen LogP contribution in [-0.2, 0) is 16.4 Å². The fourth-order valence-electron chi connectivity index (χ4n) is 4.35. The van der Waals surface area contributed by atoms with Gasteiger partial charge in [-0.25, -0.2) is 8.42 Å². The van der Waals surface area contributed by atoms with E-state index in [-0.39, 0.29) is 11.4 Å². The van der Waals surface area contributed by atoms with E-state index in [0.29, 0.717) is 45.0 Å². The number of piperazine rings is 1. The van der Waals surface area contributed by atoms with Crippen molar-refractivity contribution in [3.8, 4) is 17.2 Å². The molecule has 2 aliphatic rings. The van der Waals surface area contributed by atoms with E-state index in [0.717, 1.165) is 29.2 Å². The molecular formula is C24H32N2O5S. The van der Waals surface area contributed by atoms with Crippen molar-refractivity contribution in [3.63, 3.8) is 0 Å². The third-order valence-corrected chi connectivity index (χ3v) is 7.87. The van der Waals surface area contributed by atoms with Crippen LogP contribution in [0.4, 0.5) is 5.69 Å². The van der Waals surface area contributed by atoms with Gasteiger partial charge in [-0.05, 0) is 38.5 Å². The van der Waals surface area contributed by atoms with Gasteiger partial charge >= 0.3 is 0 Å². The first-order chi connectivity index (χ1) is 15.3. The molecule has 1 saturated heterocycles. The zero-order valence-electron chi connectivity index (χ0n) is 19.0. The largest absolute Gasteiger partial charge is 0.495 e. The molecule has 8 heteroatoms. The number of rotatable bonds is 8. The van der Waals surface area contributed by atoms with Crippen LogP contribution < -0.4 is 19.1 Å². The Morgan fingerprint density at radius 3 is 2.47 bits per heavy atom. The zero-order valence-corrected chi connectivity index (χ0v) is 19.9. The second kappa shape index (κ2) is 9.19. The van der Waals surface area contributed by atoms with Crippen molar-refractivity contribution < 1.29 is 22.6 Å². The molecule has 2 aliphatic heterocycles. The SMILES string of the molecule is COc1ccccc1N1CCN(S(=O)(=O)CCCOc2cccc3c2OC(C)(C)C3)CC1. The quantitative estimate of drug-likeness (QED) is 0.563. The highest BCUT2D eigenvalue weighted by Gasteiger charge is 2.32. The summed E-state index contributed by atoms with van der Waals surface area (Å²) < 4.78 is 44.6. The molecule has 0 spiro atoms. The lowest BCUT2D eigenvalue weighted by Crippen LogP contribution is -2.49. The van der Waals surface area contributed by atoms with Gasteiger partial charge in [0.05, 0.1) is 25.2 Å². The highest BCUT2D eigenvalue weighted by molar-refractivity contribution is 7.89. The summed E-state index contributed by atoms with van der Waals surface area (Å²) in [6.45, 7) is 6.65. The Morgan fingerprint density at radius 1 is 1.00 bits per heavy atom. The zero-order chi connectivity index (χ0) is 22.8. The van der Waals surface area contributed by atoms with Gasteiger partial charge in [-0.2, -0.15) is 4.31 Å². The van der Waals surface area contributed by atoms with Crippen LogP contribution in [0, 0.1) is 0 Å². The summed E-state index contributed by atoms with van der Waals surface area (Å²) in [4.78, 5) is 2.17. The Balaban J connectivity index is 1.27. The summed E-state index contributed by atoms with van der Waals surface area (Å²) in [5, 5.41) is 0. The number of hydrogen-bond acceptors (Lipinski definition) is 6. The minimum atomic E-state index is -3.32. The van der Waals surface area contributed by atoms with E-state index in [4.69, 9.17) is 14.2 Å². The van der Waals surface area contributed by atoms with Gasteiger partial charge in [0.1, 0.15) is 11.4 Å². The molecule has 0 radical (unpaired) electrons. The average molecular weight is 461 g/mol. The second-order valence-electron chi connectivity index (χ2n) is 8.86. The normalized spacial score (nSPS) is 18.2. The summed E-state index contributed by atoms with van der Waals surface area (Å²) in [5.74, 6) is 2.35. The van der Waals surface area contributed by atoms with E-state index in [1.165, 1.54) is 0 Å². The molecule has 7 nitrogen and oxygen atoms in total. The minimum absolute atomic E-state index is 0.0725. The number of sulfonamides is 1. The van der Waals surface area contributed by atoms with Crippen LogP contribution in [0.3, 0.4) is 0 Å². The number of fused-ring (bicyclic) bond motifs is 1. The van der Waals surface area contributed by atoms with Gasteiger partial charge in [-0.1, -0.05) is 24.3 Å². The van der Waals surface area contributed by atoms with Crippen molar-refractivity contribution in [1.29, 1.82) is 0 Å². The average Bonchev–Trinajstić information content (AvgIpc) is 3.11. The van der Waals surface area contributed by atoms with Gasteiger partial charge in [-0.3, -0.25) is 0 Å². The van der Waals surface area contributed by atoms with Crippen LogP contribution in [0.1, 0.15) is 25.8 Å². The van der Waals surface area contributed by atoms with E-state index >= 15 is 0 Å². The number of anilines is 1. The molecule has 0 atom stereocenters. The number of methoxy groups -OCH3 is 1. The highest BCUT2D eigenvalue weighted by atomic mass is 32.2. The number of para-hydroxylation sites is 3. The lowest BCUT2D eigenvalue weighted by molar-refractivity contribution is 0.132. The highest BCUT2D eigenvalue weighted by Crippen LogP contribution is 2.41. The first-order valence-corrected chi connectivity index (χ1v) is 12.7. The maximum Gasteiger partial charge on any atom is 0.214 e. The predicted molar refractivity (Wildman–Crippen MR) is 126 cm³/mol. The molecule has 0 unspecified atom stereocenters. The van der Waals surface area contributed by atoms with Gasteiger partial charge in [0.25, 0.3) is 0 Å². The summed E-state index contributed by atoms with van der Waals surface area (Å²) in [6.07, 6.45) is 1.27. The molecule has 0 amide bonds. The summed E-state index contributed by atoms with van der Waals surface area (Å²) >= 11 is 0. The van der Waals surface area contributed by atoms with Gasteiger partial charge in [-0.15, -0.1) is 0 Å². The molecule has 2 aromatic rings. The van der Waals surface area contributed by atoms with Crippen molar-refractivity contribution >= 4 is 15.7 Å². The smallest absolute Gasteiger partial charge is 0.214 e. The maximum atomic E-state index is 12.8. The molecular weight excluding hydrogens is 428 g/mol. The summed E-state index contributed by atoms with van der Waals surface area (Å²) in [7, 11) is -1.67. The van der Waals surface area contributed by atoms with Gasteiger partial charge < -0.3 is 19.1 Å². The molecule has 32 heavy (non-hydrogen) atoms. The lowest BCUT2D eigenvalue weighted by Gasteiger charge is -2.36. The molecule has 4 rings (SSSR count). The van der Waals surface area contributed by atoms with Crippen molar-refractivity contribution in [2.75, 3.05) is 50.5 Å². The third-order valence-electron chi connectivity index (χ3n) is 5.92. The Hall–Kier alpha value is -2.45. The first kappa shape index (κ1) is 22.7. The fraction of sp³-hybridized carbons (Fsp3) is 0.500. The maximum absolute atomic E-state index is 12.8. The molecule has 174 valence electrons. The molecule has 2 aromatic carbocycles. The third kappa shape index (κ3) is 4.96. The van der Waals surface area contributed by atoms with Gasteiger partial charge in [0.15, 0.2) is 11.5 Å². The standard InChI is InChI=1S/C24H32N2O5S/c1-24(2)18-19-8-6-11-22(23(19)31-24)30-16-7-17-32(27,28)26-14-12-25(13-15-26)20-9-4-5-10-21(20)29-3/h4-6,8-11H,7,12-18H2,1-3H3. The monoisotopic (exact) mass is 460 g/mol. The van der Waals surface area contributed by atoms with Gasteiger partial charge in [0, 0.05) is 38.2 Å². The number of benzene rings is 2. The van der Waals surface area contributed by atoms with Crippen molar-refractivity contribution in [3.05, 3.63) is 48.0 Å². The van der Waals surface area contributed by atoms with Crippen LogP contribution >= 0.6 is 0 Å². The Morgan fingerprint density at radius 2 is 1.72 bits per heavy atom. The molecule has 0 aliphatic carbocycles. The van der Waals surface area contributed by atoms with Crippen molar-refractivity contribution in [2.45, 2.75) is 32.3 Å². The first-order valence-electron chi connectivity index (χ1n) is 11.1. The molecule has 0 bridgehead atoms. The predicted octanol–water partition coefficient (Wildman–Crippen LogP) is 3.33. The fourth-order valence-corrected chi connectivity index (χ4v) is 5.81. The van der Waals surface area contributed by atoms with E-state index in [1.807, 2.05) is 42.5 Å². The molecule has 0 saturated carbocycles.